The summed E-state index contributed by atoms with van der Waals surface area (Å²) in [5.74, 6) is 0. The molecule has 0 heterocycles. The Morgan fingerprint density at radius 3 is 2.18 bits per heavy atom. The first-order chi connectivity index (χ1) is 7.75. The molecule has 0 aliphatic carbocycles. The third kappa shape index (κ3) is 3.42. The van der Waals surface area contributed by atoms with Crippen molar-refractivity contribution in [1.29, 1.82) is 0 Å². The van der Waals surface area contributed by atoms with Crippen LogP contribution in [-0.4, -0.2) is 24.9 Å². The van der Waals surface area contributed by atoms with Crippen LogP contribution in [0, 0.1) is 5.21 Å². The van der Waals surface area contributed by atoms with Crippen LogP contribution in [0.3, 0.4) is 0 Å². The molecule has 1 aromatic rings. The third-order valence-corrected chi connectivity index (χ3v) is 3.29. The maximum absolute atomic E-state index is 12.0. The van der Waals surface area contributed by atoms with Gasteiger partial charge in [-0.3, -0.25) is 4.47 Å². The highest BCUT2D eigenvalue weighted by atomic mass is 32.2. The molecule has 0 amide bonds. The van der Waals surface area contributed by atoms with E-state index in [1.54, 1.807) is 30.3 Å². The first kappa shape index (κ1) is 13.9. The zero-order valence-corrected chi connectivity index (χ0v) is 9.33. The Hall–Kier alpha value is -1.12. The van der Waals surface area contributed by atoms with Gasteiger partial charge in [-0.15, -0.1) is 0 Å². The van der Waals surface area contributed by atoms with Crippen molar-refractivity contribution >= 4 is 10.0 Å². The molecule has 0 saturated carbocycles. The minimum Gasteiger partial charge on any atom is -0.772 e. The summed E-state index contributed by atoms with van der Waals surface area (Å²) in [5, 5.41) is 10.9. The Balaban J connectivity index is 2.66. The van der Waals surface area contributed by atoms with Crippen molar-refractivity contribution in [2.24, 2.45) is 0 Å². The molecular weight excluding hydrogens is 259 g/mol. The summed E-state index contributed by atoms with van der Waals surface area (Å²) in [6, 6.07) is 8.17. The quantitative estimate of drug-likeness (QED) is 0.783. The van der Waals surface area contributed by atoms with Crippen LogP contribution in [0.1, 0.15) is 5.56 Å². The smallest absolute Gasteiger partial charge is 0.510 e. The number of rotatable bonds is 4. The van der Waals surface area contributed by atoms with Crippen molar-refractivity contribution in [2.45, 2.75) is 11.9 Å². The molecule has 0 N–H and O–H groups in total. The lowest BCUT2D eigenvalue weighted by Crippen LogP contribution is -2.38. The molecule has 1 rings (SSSR count). The predicted octanol–water partition coefficient (Wildman–Crippen LogP) is 1.88. The van der Waals surface area contributed by atoms with Crippen molar-refractivity contribution < 1.29 is 21.6 Å². The van der Waals surface area contributed by atoms with E-state index in [-0.39, 0.29) is 6.42 Å². The van der Waals surface area contributed by atoms with E-state index >= 15 is 0 Å². The summed E-state index contributed by atoms with van der Waals surface area (Å²) in [5.41, 5.74) is -4.96. The maximum atomic E-state index is 12.0. The lowest BCUT2D eigenvalue weighted by molar-refractivity contribution is -0.0477. The molecule has 0 aromatic heterocycles. The number of hydrogen-bond acceptors (Lipinski definition) is 3. The van der Waals surface area contributed by atoms with Gasteiger partial charge in [-0.25, -0.2) is 8.42 Å². The summed E-state index contributed by atoms with van der Waals surface area (Å²) >= 11 is 0. The largest absolute Gasteiger partial charge is 0.772 e. The molecule has 0 spiro atoms. The number of halogens is 3. The number of sulfonamides is 1. The van der Waals surface area contributed by atoms with Crippen LogP contribution >= 0.6 is 0 Å². The lowest BCUT2D eigenvalue weighted by Gasteiger charge is -2.27. The van der Waals surface area contributed by atoms with Gasteiger partial charge in [-0.1, -0.05) is 30.3 Å². The van der Waals surface area contributed by atoms with Crippen LogP contribution in [0.15, 0.2) is 30.3 Å². The lowest BCUT2D eigenvalue weighted by atomic mass is 10.2. The molecular formula is C9H9F3NO3S-. The zero-order chi connectivity index (χ0) is 13.1. The van der Waals surface area contributed by atoms with Gasteiger partial charge >= 0.3 is 15.5 Å². The Bertz CT molecular complexity index is 458. The summed E-state index contributed by atoms with van der Waals surface area (Å²) in [6.07, 6.45) is -0.0698. The number of hydrogen-bond donors (Lipinski definition) is 0. The van der Waals surface area contributed by atoms with E-state index in [0.29, 0.717) is 5.56 Å². The number of alkyl halides is 3. The molecule has 96 valence electrons. The van der Waals surface area contributed by atoms with Crippen LogP contribution in [0.25, 0.3) is 0 Å². The van der Waals surface area contributed by atoms with E-state index in [0.717, 1.165) is 0 Å². The summed E-state index contributed by atoms with van der Waals surface area (Å²) in [7, 11) is -5.77. The third-order valence-electron chi connectivity index (χ3n) is 1.99. The first-order valence-electron chi connectivity index (χ1n) is 4.55. The molecule has 0 aliphatic heterocycles. The molecule has 4 nitrogen and oxygen atoms in total. The fourth-order valence-corrected chi connectivity index (χ4v) is 1.66. The molecule has 0 fully saturated rings. The topological polar surface area (TPSA) is 60.4 Å². The van der Waals surface area contributed by atoms with Gasteiger partial charge in [-0.2, -0.15) is 13.2 Å². The average molecular weight is 268 g/mol. The van der Waals surface area contributed by atoms with Crippen LogP contribution in [0.4, 0.5) is 13.2 Å². The maximum Gasteiger partial charge on any atom is 0.510 e. The van der Waals surface area contributed by atoms with E-state index in [1.165, 1.54) is 0 Å². The van der Waals surface area contributed by atoms with Crippen molar-refractivity contribution in [3.05, 3.63) is 41.1 Å². The SMILES string of the molecule is O=S(=O)(N([O-])CCc1ccccc1)C(F)(F)F. The zero-order valence-electron chi connectivity index (χ0n) is 8.52. The molecule has 0 saturated heterocycles. The Morgan fingerprint density at radius 2 is 1.71 bits per heavy atom. The Kier molecular flexibility index (Phi) is 4.12. The van der Waals surface area contributed by atoms with Crippen molar-refractivity contribution in [3.8, 4) is 0 Å². The molecule has 8 heteroatoms. The van der Waals surface area contributed by atoms with E-state index in [1.807, 2.05) is 0 Å². The second kappa shape index (κ2) is 5.03. The van der Waals surface area contributed by atoms with Crippen LogP contribution in [0.5, 0.6) is 0 Å². The molecule has 0 radical (unpaired) electrons. The second-order valence-corrected chi connectivity index (χ2v) is 5.03. The second-order valence-electron chi connectivity index (χ2n) is 3.21. The van der Waals surface area contributed by atoms with Gasteiger partial charge in [0, 0.05) is 6.54 Å². The van der Waals surface area contributed by atoms with Crippen molar-refractivity contribution in [2.75, 3.05) is 6.54 Å². The minimum atomic E-state index is -5.77. The molecule has 17 heavy (non-hydrogen) atoms. The van der Waals surface area contributed by atoms with Crippen molar-refractivity contribution in [3.63, 3.8) is 0 Å². The highest BCUT2D eigenvalue weighted by molar-refractivity contribution is 7.90. The summed E-state index contributed by atoms with van der Waals surface area (Å²) < 4.78 is 56.3. The van der Waals surface area contributed by atoms with E-state index in [2.05, 4.69) is 0 Å². The van der Waals surface area contributed by atoms with E-state index in [4.69, 9.17) is 0 Å². The van der Waals surface area contributed by atoms with Crippen molar-refractivity contribution in [1.82, 2.24) is 4.47 Å². The van der Waals surface area contributed by atoms with Gasteiger partial charge in [0.25, 0.3) is 0 Å². The summed E-state index contributed by atoms with van der Waals surface area (Å²) in [6.45, 7) is -0.758. The van der Waals surface area contributed by atoms with Gasteiger partial charge in [0.15, 0.2) is 0 Å². The van der Waals surface area contributed by atoms with E-state index < -0.39 is 26.5 Å². The van der Waals surface area contributed by atoms with Gasteiger partial charge in [0.1, 0.15) is 0 Å². The molecule has 0 aliphatic rings. The van der Waals surface area contributed by atoms with Gasteiger partial charge in [0.05, 0.1) is 0 Å². The number of hydroxylamine groups is 1. The van der Waals surface area contributed by atoms with Crippen LogP contribution in [-0.2, 0) is 16.4 Å². The van der Waals surface area contributed by atoms with Crippen LogP contribution in [0.2, 0.25) is 0 Å². The van der Waals surface area contributed by atoms with Gasteiger partial charge in [-0.05, 0) is 12.0 Å². The monoisotopic (exact) mass is 268 g/mol. The Labute approximate surface area is 96.3 Å². The minimum absolute atomic E-state index is 0.0698. The van der Waals surface area contributed by atoms with Crippen LogP contribution < -0.4 is 0 Å². The highest BCUT2D eigenvalue weighted by Gasteiger charge is 2.46. The highest BCUT2D eigenvalue weighted by Crippen LogP contribution is 2.26. The van der Waals surface area contributed by atoms with Gasteiger partial charge in [0.2, 0.25) is 0 Å². The fourth-order valence-electron chi connectivity index (χ4n) is 1.10. The van der Waals surface area contributed by atoms with E-state index in [9.17, 15) is 26.8 Å². The molecule has 1 aromatic carbocycles. The molecule has 0 atom stereocenters. The molecule has 0 unspecified atom stereocenters. The Morgan fingerprint density at radius 1 is 1.18 bits per heavy atom. The standard InChI is InChI=1S/C9H9F3NO3S/c10-9(11,12)17(15,16)13(14)7-6-8-4-2-1-3-5-8/h1-5H,6-7H2/q-1. The van der Waals surface area contributed by atoms with Gasteiger partial charge < -0.3 is 5.21 Å². The predicted molar refractivity (Wildman–Crippen MR) is 55.2 cm³/mol. The average Bonchev–Trinajstić information content (AvgIpc) is 2.25. The number of benzene rings is 1. The fraction of sp³-hybridized carbons (Fsp3) is 0.333. The normalized spacial score (nSPS) is 13.0. The number of nitrogens with zero attached hydrogens (tertiary/aromatic N) is 1. The first-order valence-corrected chi connectivity index (χ1v) is 5.99. The molecule has 0 bridgehead atoms. The summed E-state index contributed by atoms with van der Waals surface area (Å²) in [4.78, 5) is 0.